The molecule has 88 valence electrons. The lowest BCUT2D eigenvalue weighted by atomic mass is 10.1. The first-order chi connectivity index (χ1) is 7.97. The van der Waals surface area contributed by atoms with Gasteiger partial charge in [-0.1, -0.05) is 12.1 Å². The van der Waals surface area contributed by atoms with Gasteiger partial charge in [-0.2, -0.15) is 13.2 Å². The predicted molar refractivity (Wildman–Crippen MR) is 58.1 cm³/mol. The fourth-order valence-corrected chi connectivity index (χ4v) is 1.55. The van der Waals surface area contributed by atoms with Gasteiger partial charge in [0.25, 0.3) is 0 Å². The molecule has 2 rings (SSSR count). The Morgan fingerprint density at radius 1 is 0.824 bits per heavy atom. The second kappa shape index (κ2) is 4.20. The molecule has 0 bridgehead atoms. The second-order valence-corrected chi connectivity index (χ2v) is 3.83. The molecule has 0 saturated carbocycles. The van der Waals surface area contributed by atoms with E-state index >= 15 is 0 Å². The molecule has 0 fully saturated rings. The Morgan fingerprint density at radius 3 is 1.76 bits per heavy atom. The number of nitrogens with zero attached hydrogens (tertiary/aromatic N) is 1. The van der Waals surface area contributed by atoms with Crippen LogP contribution in [0.3, 0.4) is 0 Å². The van der Waals surface area contributed by atoms with Crippen LogP contribution in [0.2, 0.25) is 0 Å². The lowest BCUT2D eigenvalue weighted by Crippen LogP contribution is -2.25. The number of aryl methyl sites for hydroxylation is 1. The smallest absolute Gasteiger partial charge is 0.208 e. The van der Waals surface area contributed by atoms with Crippen molar-refractivity contribution in [2.75, 3.05) is 0 Å². The lowest BCUT2D eigenvalue weighted by molar-refractivity contribution is -0.671. The zero-order valence-corrected chi connectivity index (χ0v) is 9.20. The molecular weight excluding hydrogens is 227 g/mol. The first kappa shape index (κ1) is 11.6. The highest BCUT2D eigenvalue weighted by Gasteiger charge is 2.29. The Kier molecular flexibility index (Phi) is 2.88. The van der Waals surface area contributed by atoms with Gasteiger partial charge < -0.3 is 0 Å². The van der Waals surface area contributed by atoms with Crippen molar-refractivity contribution in [2.45, 2.75) is 6.18 Å². The van der Waals surface area contributed by atoms with E-state index < -0.39 is 11.7 Å². The van der Waals surface area contributed by atoms with Crippen LogP contribution < -0.4 is 4.57 Å². The fourth-order valence-electron chi connectivity index (χ4n) is 1.55. The van der Waals surface area contributed by atoms with E-state index in [2.05, 4.69) is 0 Å². The quantitative estimate of drug-likeness (QED) is 0.672. The zero-order valence-electron chi connectivity index (χ0n) is 9.20. The predicted octanol–water partition coefficient (Wildman–Crippen LogP) is 3.20. The second-order valence-electron chi connectivity index (χ2n) is 3.83. The Hall–Kier alpha value is -1.84. The lowest BCUT2D eigenvalue weighted by Gasteiger charge is -2.07. The molecule has 0 radical (unpaired) electrons. The number of halogens is 3. The maximum atomic E-state index is 12.4. The maximum absolute atomic E-state index is 12.4. The van der Waals surface area contributed by atoms with E-state index in [-0.39, 0.29) is 0 Å². The Balaban J connectivity index is 2.33. The van der Waals surface area contributed by atoms with Crippen molar-refractivity contribution >= 4 is 0 Å². The molecule has 0 aliphatic carbocycles. The molecule has 0 aliphatic rings. The van der Waals surface area contributed by atoms with Gasteiger partial charge in [-0.05, 0) is 23.3 Å². The van der Waals surface area contributed by atoms with E-state index in [4.69, 9.17) is 0 Å². The summed E-state index contributed by atoms with van der Waals surface area (Å²) in [5.74, 6) is 0. The molecule has 2 aromatic rings. The van der Waals surface area contributed by atoms with E-state index in [0.29, 0.717) is 0 Å². The average Bonchev–Trinajstić information content (AvgIpc) is 2.29. The van der Waals surface area contributed by atoms with E-state index in [0.717, 1.165) is 23.3 Å². The van der Waals surface area contributed by atoms with Crippen LogP contribution in [0.4, 0.5) is 13.2 Å². The maximum Gasteiger partial charge on any atom is 0.416 e. The Morgan fingerprint density at radius 2 is 1.29 bits per heavy atom. The van der Waals surface area contributed by atoms with Crippen molar-refractivity contribution in [2.24, 2.45) is 7.05 Å². The summed E-state index contributed by atoms with van der Waals surface area (Å²) in [6.07, 6.45) is -0.568. The van der Waals surface area contributed by atoms with Crippen molar-refractivity contribution < 1.29 is 17.7 Å². The minimum absolute atomic E-state index is 0.622. The van der Waals surface area contributed by atoms with Gasteiger partial charge in [-0.25, -0.2) is 4.57 Å². The summed E-state index contributed by atoms with van der Waals surface area (Å²) in [6.45, 7) is 0. The molecule has 0 spiro atoms. The monoisotopic (exact) mass is 238 g/mol. The van der Waals surface area contributed by atoms with Crippen molar-refractivity contribution in [1.82, 2.24) is 0 Å². The first-order valence-electron chi connectivity index (χ1n) is 5.10. The highest BCUT2D eigenvalue weighted by atomic mass is 19.4. The number of hydrogen-bond donors (Lipinski definition) is 0. The van der Waals surface area contributed by atoms with Gasteiger partial charge in [0.05, 0.1) is 5.56 Å². The molecular formula is C13H11F3N+. The molecule has 1 aromatic carbocycles. The number of pyridine rings is 1. The van der Waals surface area contributed by atoms with Crippen LogP contribution in [0, 0.1) is 0 Å². The van der Waals surface area contributed by atoms with Crippen molar-refractivity contribution in [3.05, 3.63) is 54.4 Å². The Labute approximate surface area is 97.1 Å². The first-order valence-corrected chi connectivity index (χ1v) is 5.10. The van der Waals surface area contributed by atoms with Crippen LogP contribution in [0.25, 0.3) is 11.1 Å². The summed E-state index contributed by atoms with van der Waals surface area (Å²) >= 11 is 0. The topological polar surface area (TPSA) is 3.88 Å². The molecule has 0 unspecified atom stereocenters. The van der Waals surface area contributed by atoms with Crippen molar-refractivity contribution in [3.8, 4) is 11.1 Å². The largest absolute Gasteiger partial charge is 0.416 e. The van der Waals surface area contributed by atoms with E-state index in [1.54, 1.807) is 0 Å². The van der Waals surface area contributed by atoms with Gasteiger partial charge in [0.1, 0.15) is 7.05 Å². The van der Waals surface area contributed by atoms with Crippen molar-refractivity contribution in [3.63, 3.8) is 0 Å². The van der Waals surface area contributed by atoms with Crippen LogP contribution in [0.5, 0.6) is 0 Å². The van der Waals surface area contributed by atoms with E-state index in [9.17, 15) is 13.2 Å². The highest BCUT2D eigenvalue weighted by molar-refractivity contribution is 5.62. The van der Waals surface area contributed by atoms with Crippen LogP contribution in [-0.2, 0) is 13.2 Å². The minimum Gasteiger partial charge on any atom is -0.208 e. The Bertz CT molecular complexity index is 498. The van der Waals surface area contributed by atoms with Gasteiger partial charge in [-0.15, -0.1) is 0 Å². The van der Waals surface area contributed by atoms with E-state index in [1.165, 1.54) is 12.1 Å². The molecule has 0 amide bonds. The van der Waals surface area contributed by atoms with Crippen LogP contribution in [-0.4, -0.2) is 0 Å². The summed E-state index contributed by atoms with van der Waals surface area (Å²) in [5.41, 5.74) is 1.05. The summed E-state index contributed by atoms with van der Waals surface area (Å²) in [6, 6.07) is 8.90. The van der Waals surface area contributed by atoms with Gasteiger partial charge in [-0.3, -0.25) is 0 Å². The number of hydrogen-bond acceptors (Lipinski definition) is 0. The fraction of sp³-hybridized carbons (Fsp3) is 0.154. The molecule has 1 heterocycles. The summed E-state index contributed by atoms with van der Waals surface area (Å²) in [5, 5.41) is 0. The van der Waals surface area contributed by atoms with Crippen LogP contribution >= 0.6 is 0 Å². The minimum atomic E-state index is -4.28. The van der Waals surface area contributed by atoms with Gasteiger partial charge >= 0.3 is 6.18 Å². The summed E-state index contributed by atoms with van der Waals surface area (Å²) in [4.78, 5) is 0. The number of alkyl halides is 3. The standard InChI is InChI=1S/C13H11F3N/c1-17-8-6-11(7-9-17)10-2-4-12(5-3-10)13(14,15)16/h2-9H,1H3/q+1. The van der Waals surface area contributed by atoms with Crippen molar-refractivity contribution in [1.29, 1.82) is 0 Å². The van der Waals surface area contributed by atoms with Gasteiger partial charge in [0.15, 0.2) is 12.4 Å². The number of aromatic nitrogens is 1. The molecule has 1 aromatic heterocycles. The van der Waals surface area contributed by atoms with Gasteiger partial charge in [0.2, 0.25) is 0 Å². The number of benzene rings is 1. The normalized spacial score (nSPS) is 11.5. The average molecular weight is 238 g/mol. The molecule has 0 atom stereocenters. The molecule has 0 aliphatic heterocycles. The third-order valence-corrected chi connectivity index (χ3v) is 2.52. The molecule has 4 heteroatoms. The number of rotatable bonds is 1. The zero-order chi connectivity index (χ0) is 12.5. The van der Waals surface area contributed by atoms with Gasteiger partial charge in [0, 0.05) is 12.1 Å². The molecule has 0 N–H and O–H groups in total. The summed E-state index contributed by atoms with van der Waals surface area (Å²) < 4.78 is 39.0. The molecule has 0 saturated heterocycles. The SMILES string of the molecule is C[n+]1ccc(-c2ccc(C(F)(F)F)cc2)cc1. The van der Waals surface area contributed by atoms with E-state index in [1.807, 2.05) is 36.1 Å². The molecule has 1 nitrogen and oxygen atoms in total. The third-order valence-electron chi connectivity index (χ3n) is 2.52. The third kappa shape index (κ3) is 2.64. The molecule has 17 heavy (non-hydrogen) atoms. The van der Waals surface area contributed by atoms with Crippen LogP contribution in [0.15, 0.2) is 48.8 Å². The highest BCUT2D eigenvalue weighted by Crippen LogP contribution is 2.30. The van der Waals surface area contributed by atoms with Crippen LogP contribution in [0.1, 0.15) is 5.56 Å². The summed E-state index contributed by atoms with van der Waals surface area (Å²) in [7, 11) is 1.89.